The van der Waals surface area contributed by atoms with Crippen molar-refractivity contribution in [2.75, 3.05) is 6.61 Å². The van der Waals surface area contributed by atoms with Gasteiger partial charge in [0.25, 0.3) is 0 Å². The van der Waals surface area contributed by atoms with Crippen LogP contribution in [0.15, 0.2) is 42.0 Å². The van der Waals surface area contributed by atoms with Crippen molar-refractivity contribution in [1.82, 2.24) is 0 Å². The lowest BCUT2D eigenvalue weighted by molar-refractivity contribution is 0.0959. The summed E-state index contributed by atoms with van der Waals surface area (Å²) in [6.45, 7) is 7.34. The minimum Gasteiger partial charge on any atom is -0.370 e. The Hall–Kier alpha value is -1.08. The molecule has 1 aromatic rings. The Morgan fingerprint density at radius 2 is 1.60 bits per heavy atom. The first kappa shape index (κ1) is 17.0. The predicted octanol–water partition coefficient (Wildman–Crippen LogP) is 6.07. The third-order valence-electron chi connectivity index (χ3n) is 3.56. The van der Waals surface area contributed by atoms with Crippen molar-refractivity contribution in [3.8, 4) is 0 Å². The van der Waals surface area contributed by atoms with Gasteiger partial charge in [0.2, 0.25) is 0 Å². The van der Waals surface area contributed by atoms with E-state index in [1.54, 1.807) is 5.57 Å². The van der Waals surface area contributed by atoms with E-state index in [0.29, 0.717) is 0 Å². The van der Waals surface area contributed by atoms with Crippen LogP contribution >= 0.6 is 0 Å². The summed E-state index contributed by atoms with van der Waals surface area (Å²) in [6.07, 6.45) is 9.99. The molecule has 1 rings (SSSR count). The molecule has 0 saturated heterocycles. The molecular weight excluding hydrogens is 244 g/mol. The highest BCUT2D eigenvalue weighted by Crippen LogP contribution is 2.24. The highest BCUT2D eigenvalue weighted by Gasteiger charge is 2.09. The van der Waals surface area contributed by atoms with E-state index in [1.165, 1.54) is 44.1 Å². The van der Waals surface area contributed by atoms with Gasteiger partial charge in [0.1, 0.15) is 6.10 Å². The van der Waals surface area contributed by atoms with Gasteiger partial charge in [-0.25, -0.2) is 0 Å². The summed E-state index contributed by atoms with van der Waals surface area (Å²) in [6, 6.07) is 10.6. The fraction of sp³-hybridized carbons (Fsp3) is 0.579. The molecule has 0 amide bonds. The van der Waals surface area contributed by atoms with E-state index in [1.807, 2.05) is 0 Å². The number of benzene rings is 1. The maximum Gasteiger partial charge on any atom is 0.101 e. The molecular formula is C19H30O. The molecule has 0 saturated carbocycles. The molecule has 1 aromatic carbocycles. The SMILES string of the molecule is CCCCC(=CC(OCC)c1ccccc1)CCCC. The molecule has 0 aliphatic rings. The standard InChI is InChI=1S/C19H30O/c1-4-7-12-17(13-8-5-2)16-19(20-6-3)18-14-10-9-11-15-18/h9-11,14-16,19H,4-8,12-13H2,1-3H3. The van der Waals surface area contributed by atoms with Crippen molar-refractivity contribution in [3.63, 3.8) is 0 Å². The Kier molecular flexibility index (Phi) is 9.06. The maximum absolute atomic E-state index is 5.94. The Labute approximate surface area is 125 Å². The molecule has 1 heteroatoms. The first-order valence-corrected chi connectivity index (χ1v) is 8.17. The van der Waals surface area contributed by atoms with Crippen LogP contribution in [0.5, 0.6) is 0 Å². The van der Waals surface area contributed by atoms with Gasteiger partial charge >= 0.3 is 0 Å². The van der Waals surface area contributed by atoms with Crippen molar-refractivity contribution in [1.29, 1.82) is 0 Å². The Bertz CT molecular complexity index is 357. The van der Waals surface area contributed by atoms with Crippen LogP contribution in [0.25, 0.3) is 0 Å². The van der Waals surface area contributed by atoms with Crippen LogP contribution in [-0.4, -0.2) is 6.61 Å². The minimum atomic E-state index is 0.116. The van der Waals surface area contributed by atoms with E-state index < -0.39 is 0 Å². The lowest BCUT2D eigenvalue weighted by atomic mass is 9.98. The summed E-state index contributed by atoms with van der Waals surface area (Å²) in [7, 11) is 0. The van der Waals surface area contributed by atoms with E-state index in [0.717, 1.165) is 6.61 Å². The van der Waals surface area contributed by atoms with Gasteiger partial charge < -0.3 is 4.74 Å². The van der Waals surface area contributed by atoms with Crippen LogP contribution < -0.4 is 0 Å². The van der Waals surface area contributed by atoms with Crippen LogP contribution in [0.1, 0.15) is 71.0 Å². The van der Waals surface area contributed by atoms with Crippen molar-refractivity contribution in [2.45, 2.75) is 65.4 Å². The smallest absolute Gasteiger partial charge is 0.101 e. The molecule has 0 aromatic heterocycles. The van der Waals surface area contributed by atoms with Crippen LogP contribution in [0, 0.1) is 0 Å². The lowest BCUT2D eigenvalue weighted by Gasteiger charge is -2.16. The number of rotatable bonds is 10. The molecule has 1 nitrogen and oxygen atoms in total. The van der Waals surface area contributed by atoms with Crippen molar-refractivity contribution in [2.24, 2.45) is 0 Å². The molecule has 0 fully saturated rings. The Balaban J connectivity index is 2.82. The molecule has 0 bridgehead atoms. The summed E-state index contributed by atoms with van der Waals surface area (Å²) in [5, 5.41) is 0. The van der Waals surface area contributed by atoms with Crippen LogP contribution in [0.4, 0.5) is 0 Å². The topological polar surface area (TPSA) is 9.23 Å². The fourth-order valence-corrected chi connectivity index (χ4v) is 2.38. The van der Waals surface area contributed by atoms with E-state index in [9.17, 15) is 0 Å². The number of allylic oxidation sites excluding steroid dienone is 1. The zero-order valence-corrected chi connectivity index (χ0v) is 13.4. The van der Waals surface area contributed by atoms with Gasteiger partial charge in [-0.3, -0.25) is 0 Å². The molecule has 0 aliphatic carbocycles. The average molecular weight is 274 g/mol. The van der Waals surface area contributed by atoms with Crippen molar-refractivity contribution < 1.29 is 4.74 Å². The zero-order chi connectivity index (χ0) is 14.6. The summed E-state index contributed by atoms with van der Waals surface area (Å²) in [5.74, 6) is 0. The summed E-state index contributed by atoms with van der Waals surface area (Å²) < 4.78 is 5.94. The Morgan fingerprint density at radius 3 is 2.10 bits per heavy atom. The van der Waals surface area contributed by atoms with Gasteiger partial charge in [-0.1, -0.05) is 68.7 Å². The second-order valence-corrected chi connectivity index (χ2v) is 5.32. The molecule has 20 heavy (non-hydrogen) atoms. The summed E-state index contributed by atoms with van der Waals surface area (Å²) in [4.78, 5) is 0. The van der Waals surface area contributed by atoms with Gasteiger partial charge in [0.05, 0.1) is 0 Å². The molecule has 1 atom stereocenters. The summed E-state index contributed by atoms with van der Waals surface area (Å²) in [5.41, 5.74) is 2.83. The molecule has 0 spiro atoms. The first-order valence-electron chi connectivity index (χ1n) is 8.17. The molecule has 0 radical (unpaired) electrons. The average Bonchev–Trinajstić information content (AvgIpc) is 2.50. The molecule has 0 N–H and O–H groups in total. The monoisotopic (exact) mass is 274 g/mol. The third-order valence-corrected chi connectivity index (χ3v) is 3.56. The molecule has 0 aliphatic heterocycles. The Morgan fingerprint density at radius 1 is 1.00 bits per heavy atom. The largest absolute Gasteiger partial charge is 0.370 e. The van der Waals surface area contributed by atoms with E-state index in [4.69, 9.17) is 4.74 Å². The third kappa shape index (κ3) is 6.38. The van der Waals surface area contributed by atoms with Crippen LogP contribution in [0.3, 0.4) is 0 Å². The quantitative estimate of drug-likeness (QED) is 0.470. The number of unbranched alkanes of at least 4 members (excludes halogenated alkanes) is 2. The van der Waals surface area contributed by atoms with Crippen LogP contribution in [0.2, 0.25) is 0 Å². The normalized spacial score (nSPS) is 12.2. The number of hydrogen-bond acceptors (Lipinski definition) is 1. The zero-order valence-electron chi connectivity index (χ0n) is 13.4. The van der Waals surface area contributed by atoms with E-state index in [2.05, 4.69) is 57.2 Å². The molecule has 1 unspecified atom stereocenters. The summed E-state index contributed by atoms with van der Waals surface area (Å²) >= 11 is 0. The first-order chi connectivity index (χ1) is 9.81. The van der Waals surface area contributed by atoms with E-state index >= 15 is 0 Å². The van der Waals surface area contributed by atoms with E-state index in [-0.39, 0.29) is 6.10 Å². The van der Waals surface area contributed by atoms with Gasteiger partial charge in [0, 0.05) is 6.61 Å². The molecule has 0 heterocycles. The number of hydrogen-bond donors (Lipinski definition) is 0. The second kappa shape index (κ2) is 10.7. The minimum absolute atomic E-state index is 0.116. The van der Waals surface area contributed by atoms with Crippen molar-refractivity contribution >= 4 is 0 Å². The van der Waals surface area contributed by atoms with Gasteiger partial charge in [-0.2, -0.15) is 0 Å². The van der Waals surface area contributed by atoms with Crippen LogP contribution in [-0.2, 0) is 4.74 Å². The highest BCUT2D eigenvalue weighted by atomic mass is 16.5. The fourth-order valence-electron chi connectivity index (χ4n) is 2.38. The lowest BCUT2D eigenvalue weighted by Crippen LogP contribution is -2.03. The maximum atomic E-state index is 5.94. The van der Waals surface area contributed by atoms with Crippen molar-refractivity contribution in [3.05, 3.63) is 47.5 Å². The predicted molar refractivity (Wildman–Crippen MR) is 87.9 cm³/mol. The van der Waals surface area contributed by atoms with Gasteiger partial charge in [-0.15, -0.1) is 0 Å². The molecule has 112 valence electrons. The number of ether oxygens (including phenoxy) is 1. The van der Waals surface area contributed by atoms with Gasteiger partial charge in [-0.05, 0) is 38.2 Å². The second-order valence-electron chi connectivity index (χ2n) is 5.32. The highest BCUT2D eigenvalue weighted by molar-refractivity contribution is 5.23. The van der Waals surface area contributed by atoms with Gasteiger partial charge in [0.15, 0.2) is 0 Å².